The van der Waals surface area contributed by atoms with Gasteiger partial charge < -0.3 is 5.32 Å². The van der Waals surface area contributed by atoms with E-state index in [2.05, 4.69) is 5.32 Å². The maximum atomic E-state index is 11.8. The molecule has 0 aromatic carbocycles. The van der Waals surface area contributed by atoms with Gasteiger partial charge in [0.25, 0.3) is 0 Å². The Balaban J connectivity index is 1.69. The molecule has 1 saturated carbocycles. The van der Waals surface area contributed by atoms with Gasteiger partial charge in [-0.25, -0.2) is 0 Å². The number of rotatable bonds is 5. The third-order valence-corrected chi connectivity index (χ3v) is 4.51. The Morgan fingerprint density at radius 3 is 2.76 bits per heavy atom. The molecule has 0 bridgehead atoms. The quantitative estimate of drug-likeness (QED) is 0.823. The van der Waals surface area contributed by atoms with Gasteiger partial charge in [-0.15, -0.1) is 11.3 Å². The first kappa shape index (κ1) is 13.1. The van der Waals surface area contributed by atoms with E-state index in [1.807, 2.05) is 6.07 Å². The summed E-state index contributed by atoms with van der Waals surface area (Å²) in [7, 11) is 0. The second-order valence-electron chi connectivity index (χ2n) is 4.57. The molecule has 0 saturated heterocycles. The van der Waals surface area contributed by atoms with Crippen LogP contribution in [0.15, 0.2) is 12.1 Å². The maximum Gasteiger partial charge on any atom is 0.174 e. The largest absolute Gasteiger partial charge is 0.314 e. The van der Waals surface area contributed by atoms with Gasteiger partial charge in [-0.1, -0.05) is 30.9 Å². The van der Waals surface area contributed by atoms with Crippen LogP contribution in [0.5, 0.6) is 0 Å². The molecule has 1 aromatic heterocycles. The molecular formula is C13H18ClNOS. The van der Waals surface area contributed by atoms with Crippen molar-refractivity contribution in [3.8, 4) is 0 Å². The standard InChI is InChI=1S/C13H18ClNOS/c14-13-7-6-12(17-13)11(16)8-9-15-10-4-2-1-3-5-10/h6-7,10,15H,1-5,8-9H2. The average Bonchev–Trinajstić information content (AvgIpc) is 2.77. The van der Waals surface area contributed by atoms with Crippen molar-refractivity contribution in [2.45, 2.75) is 44.6 Å². The van der Waals surface area contributed by atoms with E-state index in [1.54, 1.807) is 6.07 Å². The van der Waals surface area contributed by atoms with Gasteiger partial charge in [0.2, 0.25) is 0 Å². The molecule has 0 aliphatic heterocycles. The fraction of sp³-hybridized carbons (Fsp3) is 0.615. The number of nitrogens with one attached hydrogen (secondary N) is 1. The van der Waals surface area contributed by atoms with Gasteiger partial charge in [0.15, 0.2) is 5.78 Å². The molecule has 1 aliphatic rings. The highest BCUT2D eigenvalue weighted by Crippen LogP contribution is 2.22. The fourth-order valence-corrected chi connectivity index (χ4v) is 3.29. The summed E-state index contributed by atoms with van der Waals surface area (Å²) in [5.41, 5.74) is 0. The lowest BCUT2D eigenvalue weighted by atomic mass is 9.95. The van der Waals surface area contributed by atoms with E-state index >= 15 is 0 Å². The molecule has 1 aliphatic carbocycles. The Hall–Kier alpha value is -0.380. The first-order valence-corrected chi connectivity index (χ1v) is 7.47. The zero-order valence-corrected chi connectivity index (χ0v) is 11.4. The van der Waals surface area contributed by atoms with Crippen molar-refractivity contribution in [1.82, 2.24) is 5.32 Å². The summed E-state index contributed by atoms with van der Waals surface area (Å²) in [6.07, 6.45) is 7.12. The predicted octanol–water partition coefficient (Wildman–Crippen LogP) is 3.90. The predicted molar refractivity (Wildman–Crippen MR) is 73.2 cm³/mol. The van der Waals surface area contributed by atoms with E-state index in [4.69, 9.17) is 11.6 Å². The summed E-state index contributed by atoms with van der Waals surface area (Å²) in [5, 5.41) is 3.48. The van der Waals surface area contributed by atoms with E-state index in [-0.39, 0.29) is 5.78 Å². The minimum atomic E-state index is 0.199. The van der Waals surface area contributed by atoms with Crippen molar-refractivity contribution >= 4 is 28.7 Å². The molecule has 17 heavy (non-hydrogen) atoms. The van der Waals surface area contributed by atoms with Crippen molar-refractivity contribution in [1.29, 1.82) is 0 Å². The molecule has 0 unspecified atom stereocenters. The smallest absolute Gasteiger partial charge is 0.174 e. The Morgan fingerprint density at radius 1 is 1.35 bits per heavy atom. The van der Waals surface area contributed by atoms with Gasteiger partial charge in [0, 0.05) is 19.0 Å². The van der Waals surface area contributed by atoms with Crippen molar-refractivity contribution in [3.05, 3.63) is 21.3 Å². The highest BCUT2D eigenvalue weighted by Gasteiger charge is 2.13. The van der Waals surface area contributed by atoms with Crippen molar-refractivity contribution in [3.63, 3.8) is 0 Å². The Kier molecular flexibility index (Phi) is 5.01. The van der Waals surface area contributed by atoms with E-state index in [1.165, 1.54) is 43.4 Å². The number of carbonyl (C=O) groups is 1. The summed E-state index contributed by atoms with van der Waals surface area (Å²) in [6, 6.07) is 4.23. The third-order valence-electron chi connectivity index (χ3n) is 3.24. The Labute approximate surface area is 111 Å². The van der Waals surface area contributed by atoms with Gasteiger partial charge in [-0.05, 0) is 25.0 Å². The van der Waals surface area contributed by atoms with Gasteiger partial charge in [0.1, 0.15) is 0 Å². The van der Waals surface area contributed by atoms with E-state index < -0.39 is 0 Å². The number of halogens is 1. The molecule has 1 heterocycles. The molecule has 1 fully saturated rings. The zero-order chi connectivity index (χ0) is 12.1. The van der Waals surface area contributed by atoms with Gasteiger partial charge in [0.05, 0.1) is 9.21 Å². The van der Waals surface area contributed by atoms with Gasteiger partial charge in [-0.2, -0.15) is 0 Å². The van der Waals surface area contributed by atoms with Crippen molar-refractivity contribution in [2.75, 3.05) is 6.54 Å². The van der Waals surface area contributed by atoms with Crippen LogP contribution < -0.4 is 5.32 Å². The number of thiophene rings is 1. The van der Waals surface area contributed by atoms with E-state index in [0.717, 1.165) is 11.4 Å². The average molecular weight is 272 g/mol. The highest BCUT2D eigenvalue weighted by atomic mass is 35.5. The lowest BCUT2D eigenvalue weighted by molar-refractivity contribution is 0.0985. The van der Waals surface area contributed by atoms with Crippen LogP contribution in [0.2, 0.25) is 4.34 Å². The molecule has 4 heteroatoms. The van der Waals surface area contributed by atoms with Crippen molar-refractivity contribution in [2.24, 2.45) is 0 Å². The van der Waals surface area contributed by atoms with Crippen LogP contribution in [0.3, 0.4) is 0 Å². The maximum absolute atomic E-state index is 11.8. The van der Waals surface area contributed by atoms with Gasteiger partial charge >= 0.3 is 0 Å². The number of ketones is 1. The Bertz CT molecular complexity index is 371. The molecule has 0 radical (unpaired) electrons. The van der Waals surface area contributed by atoms with Gasteiger partial charge in [-0.3, -0.25) is 4.79 Å². The molecule has 2 nitrogen and oxygen atoms in total. The van der Waals surface area contributed by atoms with Crippen LogP contribution in [-0.4, -0.2) is 18.4 Å². The second-order valence-corrected chi connectivity index (χ2v) is 6.28. The van der Waals surface area contributed by atoms with Crippen molar-refractivity contribution < 1.29 is 4.79 Å². The molecule has 2 rings (SSSR count). The second kappa shape index (κ2) is 6.53. The first-order chi connectivity index (χ1) is 8.25. The molecule has 1 N–H and O–H groups in total. The van der Waals surface area contributed by atoms with Crippen LogP contribution in [0.4, 0.5) is 0 Å². The van der Waals surface area contributed by atoms with Crippen LogP contribution in [-0.2, 0) is 0 Å². The van der Waals surface area contributed by atoms with Crippen LogP contribution in [0.25, 0.3) is 0 Å². The molecule has 0 amide bonds. The molecule has 1 aromatic rings. The summed E-state index contributed by atoms with van der Waals surface area (Å²) >= 11 is 7.18. The van der Waals surface area contributed by atoms with E-state index in [9.17, 15) is 4.79 Å². The number of hydrogen-bond donors (Lipinski definition) is 1. The Morgan fingerprint density at radius 2 is 2.12 bits per heavy atom. The fourth-order valence-electron chi connectivity index (χ4n) is 2.28. The molecular weight excluding hydrogens is 254 g/mol. The minimum Gasteiger partial charge on any atom is -0.314 e. The SMILES string of the molecule is O=C(CCNC1CCCCC1)c1ccc(Cl)s1. The number of carbonyl (C=O) groups excluding carboxylic acids is 1. The lowest BCUT2D eigenvalue weighted by Gasteiger charge is -2.22. The summed E-state index contributed by atoms with van der Waals surface area (Å²) in [6.45, 7) is 0.791. The summed E-state index contributed by atoms with van der Waals surface area (Å²) in [5.74, 6) is 0.199. The molecule has 94 valence electrons. The van der Waals surface area contributed by atoms with Crippen LogP contribution in [0.1, 0.15) is 48.2 Å². The zero-order valence-electron chi connectivity index (χ0n) is 9.88. The summed E-state index contributed by atoms with van der Waals surface area (Å²) in [4.78, 5) is 12.6. The third kappa shape index (κ3) is 4.09. The van der Waals surface area contributed by atoms with Crippen LogP contribution >= 0.6 is 22.9 Å². The number of Topliss-reactive ketones (excluding diaryl/α,β-unsaturated/α-hetero) is 1. The lowest BCUT2D eigenvalue weighted by Crippen LogP contribution is -2.32. The highest BCUT2D eigenvalue weighted by molar-refractivity contribution is 7.18. The number of hydrogen-bond acceptors (Lipinski definition) is 3. The topological polar surface area (TPSA) is 29.1 Å². The molecule has 0 spiro atoms. The summed E-state index contributed by atoms with van der Waals surface area (Å²) < 4.78 is 0.689. The molecule has 0 atom stereocenters. The normalized spacial score (nSPS) is 17.2. The minimum absolute atomic E-state index is 0.199. The van der Waals surface area contributed by atoms with Crippen LogP contribution in [0, 0.1) is 0 Å². The monoisotopic (exact) mass is 271 g/mol. The first-order valence-electron chi connectivity index (χ1n) is 6.27. The van der Waals surface area contributed by atoms with E-state index in [0.29, 0.717) is 16.8 Å².